The fourth-order valence-electron chi connectivity index (χ4n) is 1.27. The van der Waals surface area contributed by atoms with Crippen LogP contribution in [0.25, 0.3) is 0 Å². The number of carboxylic acid groups (broad SMARTS) is 1. The Morgan fingerprint density at radius 3 is 2.47 bits per heavy atom. The van der Waals surface area contributed by atoms with Crippen LogP contribution in [0.2, 0.25) is 0 Å². The summed E-state index contributed by atoms with van der Waals surface area (Å²) in [6, 6.07) is 5.80. The van der Waals surface area contributed by atoms with Gasteiger partial charge < -0.3 is 10.4 Å². The SMILES string of the molecule is CNC(=O)NC(=O)C(C)Sc1ccccc1C(=O)O. The van der Waals surface area contributed by atoms with Gasteiger partial charge in [0.1, 0.15) is 0 Å². The molecule has 3 amide bonds. The van der Waals surface area contributed by atoms with Crippen molar-refractivity contribution in [2.75, 3.05) is 7.05 Å². The lowest BCUT2D eigenvalue weighted by molar-refractivity contribution is -0.119. The number of hydrogen-bond acceptors (Lipinski definition) is 4. The number of hydrogen-bond donors (Lipinski definition) is 3. The predicted octanol–water partition coefficient (Wildman–Crippen LogP) is 1.32. The van der Waals surface area contributed by atoms with Crippen LogP contribution in [0.15, 0.2) is 29.2 Å². The molecule has 1 aromatic rings. The molecule has 0 saturated carbocycles. The topological polar surface area (TPSA) is 95.5 Å². The standard InChI is InChI=1S/C12H14N2O4S/c1-7(10(15)14-12(18)13-2)19-9-6-4-3-5-8(9)11(16)17/h3-7H,1-2H3,(H,16,17)(H2,13,14,15,18). The Morgan fingerprint density at radius 1 is 1.26 bits per heavy atom. The lowest BCUT2D eigenvalue weighted by Crippen LogP contribution is -2.41. The van der Waals surface area contributed by atoms with Crippen molar-refractivity contribution in [3.8, 4) is 0 Å². The molecular weight excluding hydrogens is 268 g/mol. The average Bonchev–Trinajstić information content (AvgIpc) is 2.38. The second-order valence-corrected chi connectivity index (χ2v) is 5.01. The molecule has 7 heteroatoms. The van der Waals surface area contributed by atoms with Gasteiger partial charge in [0.15, 0.2) is 0 Å². The van der Waals surface area contributed by atoms with Crippen LogP contribution in [0.4, 0.5) is 4.79 Å². The average molecular weight is 282 g/mol. The number of urea groups is 1. The monoisotopic (exact) mass is 282 g/mol. The van der Waals surface area contributed by atoms with Crippen LogP contribution < -0.4 is 10.6 Å². The second kappa shape index (κ2) is 6.79. The molecule has 0 aliphatic carbocycles. The van der Waals surface area contributed by atoms with E-state index < -0.39 is 23.2 Å². The zero-order valence-corrected chi connectivity index (χ0v) is 11.3. The number of carbonyl (C=O) groups is 3. The van der Waals surface area contributed by atoms with E-state index in [1.54, 1.807) is 25.1 Å². The van der Waals surface area contributed by atoms with E-state index in [0.717, 1.165) is 11.8 Å². The van der Waals surface area contributed by atoms with Gasteiger partial charge in [-0.25, -0.2) is 9.59 Å². The van der Waals surface area contributed by atoms with Gasteiger partial charge in [-0.1, -0.05) is 12.1 Å². The highest BCUT2D eigenvalue weighted by atomic mass is 32.2. The fraction of sp³-hybridized carbons (Fsp3) is 0.250. The summed E-state index contributed by atoms with van der Waals surface area (Å²) in [5, 5.41) is 12.8. The molecule has 0 saturated heterocycles. The van der Waals surface area contributed by atoms with E-state index >= 15 is 0 Å². The van der Waals surface area contributed by atoms with Crippen LogP contribution in [0.1, 0.15) is 17.3 Å². The molecule has 102 valence electrons. The molecule has 3 N–H and O–H groups in total. The Hall–Kier alpha value is -2.02. The normalized spacial score (nSPS) is 11.5. The van der Waals surface area contributed by atoms with Crippen LogP contribution in [0.3, 0.4) is 0 Å². The highest BCUT2D eigenvalue weighted by Crippen LogP contribution is 2.26. The van der Waals surface area contributed by atoms with Gasteiger partial charge in [0.25, 0.3) is 0 Å². The summed E-state index contributed by atoms with van der Waals surface area (Å²) in [5.74, 6) is -1.54. The minimum Gasteiger partial charge on any atom is -0.478 e. The van der Waals surface area contributed by atoms with E-state index in [2.05, 4.69) is 10.6 Å². The largest absolute Gasteiger partial charge is 0.478 e. The zero-order valence-electron chi connectivity index (χ0n) is 10.5. The molecule has 19 heavy (non-hydrogen) atoms. The van der Waals surface area contributed by atoms with E-state index in [1.807, 2.05) is 0 Å². The number of thioether (sulfide) groups is 1. The van der Waals surface area contributed by atoms with Crippen LogP contribution in [-0.4, -0.2) is 35.3 Å². The molecule has 0 heterocycles. The van der Waals surface area contributed by atoms with E-state index in [-0.39, 0.29) is 5.56 Å². The number of benzene rings is 1. The van der Waals surface area contributed by atoms with Gasteiger partial charge in [-0.3, -0.25) is 10.1 Å². The number of amides is 3. The van der Waals surface area contributed by atoms with Crippen molar-refractivity contribution in [1.82, 2.24) is 10.6 Å². The van der Waals surface area contributed by atoms with Crippen LogP contribution >= 0.6 is 11.8 Å². The molecule has 0 bridgehead atoms. The smallest absolute Gasteiger partial charge is 0.336 e. The minimum absolute atomic E-state index is 0.132. The summed E-state index contributed by atoms with van der Waals surface area (Å²) in [4.78, 5) is 34.2. The maximum Gasteiger partial charge on any atom is 0.336 e. The van der Waals surface area contributed by atoms with E-state index in [0.29, 0.717) is 4.90 Å². The number of carbonyl (C=O) groups excluding carboxylic acids is 2. The minimum atomic E-state index is -1.05. The Labute approximate surface area is 114 Å². The Balaban J connectivity index is 2.77. The molecule has 6 nitrogen and oxygen atoms in total. The molecule has 0 spiro atoms. The molecular formula is C12H14N2O4S. The third-order valence-corrected chi connectivity index (χ3v) is 3.43. The summed E-state index contributed by atoms with van der Waals surface area (Å²) in [6.45, 7) is 1.60. The van der Waals surface area contributed by atoms with Gasteiger partial charge in [-0.05, 0) is 19.1 Å². The summed E-state index contributed by atoms with van der Waals surface area (Å²) < 4.78 is 0. The van der Waals surface area contributed by atoms with Crippen molar-refractivity contribution in [3.05, 3.63) is 29.8 Å². The Kier molecular flexibility index (Phi) is 5.37. The molecule has 0 aromatic heterocycles. The van der Waals surface area contributed by atoms with E-state index in [1.165, 1.54) is 13.1 Å². The lowest BCUT2D eigenvalue weighted by atomic mass is 10.2. The Morgan fingerprint density at radius 2 is 1.89 bits per heavy atom. The Bertz CT molecular complexity index is 504. The van der Waals surface area contributed by atoms with Crippen LogP contribution in [-0.2, 0) is 4.79 Å². The molecule has 1 rings (SSSR count). The molecule has 1 atom stereocenters. The summed E-state index contributed by atoms with van der Waals surface area (Å²) >= 11 is 1.09. The third kappa shape index (κ3) is 4.29. The van der Waals surface area contributed by atoms with E-state index in [4.69, 9.17) is 5.11 Å². The highest BCUT2D eigenvalue weighted by Gasteiger charge is 2.19. The second-order valence-electron chi connectivity index (χ2n) is 3.63. The van der Waals surface area contributed by atoms with Crippen LogP contribution in [0, 0.1) is 0 Å². The van der Waals surface area contributed by atoms with Crippen molar-refractivity contribution < 1.29 is 19.5 Å². The number of imide groups is 1. The van der Waals surface area contributed by atoms with E-state index in [9.17, 15) is 14.4 Å². The molecule has 1 aromatic carbocycles. The fourth-order valence-corrected chi connectivity index (χ4v) is 2.25. The molecule has 0 aliphatic rings. The number of rotatable bonds is 4. The molecule has 1 unspecified atom stereocenters. The molecule has 0 fully saturated rings. The van der Waals surface area contributed by atoms with Crippen molar-refractivity contribution in [2.45, 2.75) is 17.1 Å². The van der Waals surface area contributed by atoms with Gasteiger partial charge in [0, 0.05) is 11.9 Å². The zero-order chi connectivity index (χ0) is 14.4. The van der Waals surface area contributed by atoms with Crippen molar-refractivity contribution >= 4 is 29.7 Å². The van der Waals surface area contributed by atoms with Crippen molar-refractivity contribution in [1.29, 1.82) is 0 Å². The van der Waals surface area contributed by atoms with Gasteiger partial charge in [0.2, 0.25) is 5.91 Å². The number of aromatic carboxylic acids is 1. The first-order valence-corrected chi connectivity index (χ1v) is 6.35. The number of carboxylic acids is 1. The van der Waals surface area contributed by atoms with Crippen molar-refractivity contribution in [3.63, 3.8) is 0 Å². The molecule has 0 aliphatic heterocycles. The molecule has 0 radical (unpaired) electrons. The van der Waals surface area contributed by atoms with Crippen molar-refractivity contribution in [2.24, 2.45) is 0 Å². The lowest BCUT2D eigenvalue weighted by Gasteiger charge is -2.12. The van der Waals surface area contributed by atoms with Gasteiger partial charge in [0.05, 0.1) is 10.8 Å². The summed E-state index contributed by atoms with van der Waals surface area (Å²) in [5.41, 5.74) is 0.132. The third-order valence-electron chi connectivity index (χ3n) is 2.25. The predicted molar refractivity (Wildman–Crippen MR) is 71.3 cm³/mol. The highest BCUT2D eigenvalue weighted by molar-refractivity contribution is 8.00. The van der Waals surface area contributed by atoms with Gasteiger partial charge in [-0.15, -0.1) is 11.8 Å². The first-order chi connectivity index (χ1) is 8.95. The first kappa shape index (κ1) is 15.0. The quantitative estimate of drug-likeness (QED) is 0.724. The van der Waals surface area contributed by atoms with Gasteiger partial charge in [-0.2, -0.15) is 0 Å². The van der Waals surface area contributed by atoms with Gasteiger partial charge >= 0.3 is 12.0 Å². The summed E-state index contributed by atoms with van der Waals surface area (Å²) in [6.07, 6.45) is 0. The maximum absolute atomic E-state index is 11.7. The number of nitrogens with one attached hydrogen (secondary N) is 2. The van der Waals surface area contributed by atoms with Crippen LogP contribution in [0.5, 0.6) is 0 Å². The maximum atomic E-state index is 11.7. The summed E-state index contributed by atoms with van der Waals surface area (Å²) in [7, 11) is 1.40. The first-order valence-electron chi connectivity index (χ1n) is 5.47.